The quantitative estimate of drug-likeness (QED) is 0.879. The van der Waals surface area contributed by atoms with E-state index in [0.717, 1.165) is 16.8 Å². The number of fused-ring (bicyclic) bond motifs is 1. The largest absolute Gasteiger partial charge is 0.447 e. The summed E-state index contributed by atoms with van der Waals surface area (Å²) in [6.45, 7) is 3.05. The summed E-state index contributed by atoms with van der Waals surface area (Å²) in [6.07, 6.45) is 0.995. The molecule has 0 aromatic heterocycles. The summed E-state index contributed by atoms with van der Waals surface area (Å²) in [7, 11) is 0. The van der Waals surface area contributed by atoms with Crippen molar-refractivity contribution in [3.63, 3.8) is 0 Å². The molecule has 26 heavy (non-hydrogen) atoms. The van der Waals surface area contributed by atoms with Gasteiger partial charge in [-0.1, -0.05) is 18.2 Å². The molecule has 0 radical (unpaired) electrons. The Balaban J connectivity index is 1.43. The standard InChI is InChI=1S/C18H19N3O5/c1-11(22)19-7-16-9-21(18(24)26-16)14-4-2-12(3-5-14)13-6-15-10-25-17(23)20(15)8-13/h2-6,15-16H,7-10H2,1H3,(H,19,22)/t15-,16-/m0/s1. The van der Waals surface area contributed by atoms with Crippen molar-refractivity contribution in [2.75, 3.05) is 31.1 Å². The average Bonchev–Trinajstić information content (AvgIpc) is 3.29. The Labute approximate surface area is 150 Å². The van der Waals surface area contributed by atoms with Crippen LogP contribution in [0.3, 0.4) is 0 Å². The topological polar surface area (TPSA) is 88.2 Å². The second-order valence-corrected chi connectivity index (χ2v) is 6.56. The van der Waals surface area contributed by atoms with Gasteiger partial charge in [-0.15, -0.1) is 0 Å². The summed E-state index contributed by atoms with van der Waals surface area (Å²) in [4.78, 5) is 37.9. The van der Waals surface area contributed by atoms with Crippen LogP contribution in [-0.4, -0.2) is 61.4 Å². The highest BCUT2D eigenvalue weighted by molar-refractivity contribution is 5.90. The van der Waals surface area contributed by atoms with Crippen molar-refractivity contribution < 1.29 is 23.9 Å². The molecule has 4 rings (SSSR count). The number of hydrogen-bond donors (Lipinski definition) is 1. The van der Waals surface area contributed by atoms with Gasteiger partial charge in [0.1, 0.15) is 12.7 Å². The minimum Gasteiger partial charge on any atom is -0.447 e. The fourth-order valence-electron chi connectivity index (χ4n) is 3.39. The van der Waals surface area contributed by atoms with Gasteiger partial charge in [-0.3, -0.25) is 14.6 Å². The lowest BCUT2D eigenvalue weighted by Crippen LogP contribution is -2.33. The van der Waals surface area contributed by atoms with Crippen molar-refractivity contribution in [2.24, 2.45) is 0 Å². The van der Waals surface area contributed by atoms with Crippen molar-refractivity contribution in [1.29, 1.82) is 0 Å². The molecule has 136 valence electrons. The van der Waals surface area contributed by atoms with Crippen LogP contribution in [0.1, 0.15) is 12.5 Å². The van der Waals surface area contributed by atoms with E-state index in [0.29, 0.717) is 26.2 Å². The van der Waals surface area contributed by atoms with Crippen LogP contribution in [0.25, 0.3) is 5.57 Å². The number of nitrogens with one attached hydrogen (secondary N) is 1. The molecule has 8 heteroatoms. The number of rotatable bonds is 4. The lowest BCUT2D eigenvalue weighted by Gasteiger charge is -2.14. The minimum absolute atomic E-state index is 0.0141. The van der Waals surface area contributed by atoms with Gasteiger partial charge in [-0.2, -0.15) is 0 Å². The van der Waals surface area contributed by atoms with Gasteiger partial charge in [0.2, 0.25) is 5.91 Å². The molecular weight excluding hydrogens is 338 g/mol. The molecule has 2 fully saturated rings. The van der Waals surface area contributed by atoms with Crippen molar-refractivity contribution in [1.82, 2.24) is 10.2 Å². The lowest BCUT2D eigenvalue weighted by atomic mass is 10.1. The fraction of sp³-hybridized carbons (Fsp3) is 0.389. The summed E-state index contributed by atoms with van der Waals surface area (Å²) >= 11 is 0. The molecule has 0 aliphatic carbocycles. The van der Waals surface area contributed by atoms with Crippen LogP contribution >= 0.6 is 0 Å². The Kier molecular flexibility index (Phi) is 4.02. The third kappa shape index (κ3) is 2.98. The number of carbonyl (C=O) groups excluding carboxylic acids is 3. The first-order valence-corrected chi connectivity index (χ1v) is 8.48. The summed E-state index contributed by atoms with van der Waals surface area (Å²) < 4.78 is 10.3. The molecule has 3 amide bonds. The van der Waals surface area contributed by atoms with E-state index in [1.807, 2.05) is 30.3 Å². The number of amides is 3. The maximum atomic E-state index is 12.1. The Bertz CT molecular complexity index is 789. The third-order valence-electron chi connectivity index (χ3n) is 4.75. The fourth-order valence-corrected chi connectivity index (χ4v) is 3.39. The van der Waals surface area contributed by atoms with Crippen LogP contribution in [0.15, 0.2) is 30.3 Å². The molecule has 0 saturated carbocycles. The zero-order chi connectivity index (χ0) is 18.3. The van der Waals surface area contributed by atoms with Crippen LogP contribution in [-0.2, 0) is 14.3 Å². The smallest absolute Gasteiger partial charge is 0.414 e. The molecule has 3 aliphatic heterocycles. The molecule has 3 heterocycles. The van der Waals surface area contributed by atoms with E-state index in [9.17, 15) is 14.4 Å². The van der Waals surface area contributed by atoms with Crippen LogP contribution in [0.2, 0.25) is 0 Å². The van der Waals surface area contributed by atoms with Gasteiger partial charge in [-0.25, -0.2) is 9.59 Å². The predicted molar refractivity (Wildman–Crippen MR) is 92.6 cm³/mol. The Morgan fingerprint density at radius 2 is 2.00 bits per heavy atom. The molecule has 0 bridgehead atoms. The minimum atomic E-state index is -0.420. The maximum absolute atomic E-state index is 12.1. The normalized spacial score (nSPS) is 24.3. The Hall–Kier alpha value is -3.03. The first-order valence-electron chi connectivity index (χ1n) is 8.48. The molecule has 0 unspecified atom stereocenters. The van der Waals surface area contributed by atoms with Gasteiger partial charge in [0.05, 0.1) is 25.7 Å². The van der Waals surface area contributed by atoms with Gasteiger partial charge < -0.3 is 14.8 Å². The van der Waals surface area contributed by atoms with Crippen LogP contribution in [0.4, 0.5) is 15.3 Å². The monoisotopic (exact) mass is 357 g/mol. The zero-order valence-electron chi connectivity index (χ0n) is 14.3. The van der Waals surface area contributed by atoms with Crippen LogP contribution in [0.5, 0.6) is 0 Å². The van der Waals surface area contributed by atoms with Gasteiger partial charge in [0.25, 0.3) is 0 Å². The second kappa shape index (κ2) is 6.36. The maximum Gasteiger partial charge on any atom is 0.414 e. The first-order chi connectivity index (χ1) is 12.5. The molecule has 1 aromatic rings. The van der Waals surface area contributed by atoms with Gasteiger partial charge in [0, 0.05) is 12.6 Å². The Morgan fingerprint density at radius 3 is 2.69 bits per heavy atom. The lowest BCUT2D eigenvalue weighted by molar-refractivity contribution is -0.119. The third-order valence-corrected chi connectivity index (χ3v) is 4.75. The molecular formula is C18H19N3O5. The summed E-state index contributed by atoms with van der Waals surface area (Å²) in [6, 6.07) is 7.60. The predicted octanol–water partition coefficient (Wildman–Crippen LogP) is 1.37. The number of benzene rings is 1. The average molecular weight is 357 g/mol. The number of ether oxygens (including phenoxy) is 2. The highest BCUT2D eigenvalue weighted by Gasteiger charge is 2.37. The number of nitrogens with zero attached hydrogens (tertiary/aromatic N) is 2. The Morgan fingerprint density at radius 1 is 1.23 bits per heavy atom. The van der Waals surface area contributed by atoms with Gasteiger partial charge >= 0.3 is 12.2 Å². The highest BCUT2D eigenvalue weighted by Crippen LogP contribution is 2.30. The van der Waals surface area contributed by atoms with Crippen molar-refractivity contribution in [3.8, 4) is 0 Å². The van der Waals surface area contributed by atoms with Gasteiger partial charge in [0.15, 0.2) is 0 Å². The number of carbonyl (C=O) groups is 3. The van der Waals surface area contributed by atoms with E-state index in [4.69, 9.17) is 9.47 Å². The van der Waals surface area contributed by atoms with E-state index in [-0.39, 0.29) is 24.1 Å². The van der Waals surface area contributed by atoms with Crippen molar-refractivity contribution >= 4 is 29.4 Å². The SMILES string of the molecule is CC(=O)NC[C@H]1CN(c2ccc(C3=C[C@H]4COC(=O)N4C3)cc2)C(=O)O1. The summed E-state index contributed by atoms with van der Waals surface area (Å²) in [5.41, 5.74) is 2.83. The number of anilines is 1. The zero-order valence-corrected chi connectivity index (χ0v) is 14.3. The summed E-state index contributed by atoms with van der Waals surface area (Å²) in [5, 5.41) is 2.66. The van der Waals surface area contributed by atoms with E-state index >= 15 is 0 Å². The van der Waals surface area contributed by atoms with Crippen LogP contribution < -0.4 is 10.2 Å². The van der Waals surface area contributed by atoms with Crippen LogP contribution in [0, 0.1) is 0 Å². The van der Waals surface area contributed by atoms with Crippen molar-refractivity contribution in [2.45, 2.75) is 19.1 Å². The van der Waals surface area contributed by atoms with Gasteiger partial charge in [-0.05, 0) is 23.3 Å². The van der Waals surface area contributed by atoms with E-state index in [2.05, 4.69) is 5.32 Å². The van der Waals surface area contributed by atoms with E-state index in [1.54, 1.807) is 9.80 Å². The first kappa shape index (κ1) is 16.4. The van der Waals surface area contributed by atoms with E-state index < -0.39 is 6.09 Å². The molecule has 0 spiro atoms. The molecule has 2 saturated heterocycles. The second-order valence-electron chi connectivity index (χ2n) is 6.56. The number of cyclic esters (lactones) is 2. The number of hydrogen-bond acceptors (Lipinski definition) is 5. The van der Waals surface area contributed by atoms with Crippen molar-refractivity contribution in [3.05, 3.63) is 35.9 Å². The highest BCUT2D eigenvalue weighted by atomic mass is 16.6. The molecule has 1 aromatic carbocycles. The molecule has 1 N–H and O–H groups in total. The summed E-state index contributed by atoms with van der Waals surface area (Å²) in [5.74, 6) is -0.155. The molecule has 3 aliphatic rings. The molecule has 8 nitrogen and oxygen atoms in total. The van der Waals surface area contributed by atoms with E-state index in [1.165, 1.54) is 6.92 Å². The molecule has 2 atom stereocenters.